The Kier molecular flexibility index (Phi) is 2.98. The largest absolute Gasteiger partial charge is 0.416 e. The molecule has 0 fully saturated rings. The lowest BCUT2D eigenvalue weighted by Gasteiger charge is -2.11. The predicted octanol–water partition coefficient (Wildman–Crippen LogP) is 3.66. The van der Waals surface area contributed by atoms with Gasteiger partial charge in [0, 0.05) is 11.8 Å². The number of pyridine rings is 1. The molecule has 1 heterocycles. The molecular weight excluding hydrogens is 241 g/mol. The van der Waals surface area contributed by atoms with Crippen molar-refractivity contribution in [3.05, 3.63) is 47.8 Å². The monoisotopic (exact) mass is 252 g/mol. The Morgan fingerprint density at radius 2 is 1.89 bits per heavy atom. The maximum absolute atomic E-state index is 12.6. The van der Waals surface area contributed by atoms with Crippen molar-refractivity contribution < 1.29 is 13.2 Å². The van der Waals surface area contributed by atoms with Crippen LogP contribution in [0.1, 0.15) is 11.1 Å². The Bertz CT molecular complexity index is 577. The van der Waals surface area contributed by atoms with Crippen LogP contribution in [0.4, 0.5) is 18.9 Å². The zero-order valence-electron chi connectivity index (χ0n) is 9.62. The Morgan fingerprint density at radius 3 is 2.56 bits per heavy atom. The molecule has 0 saturated carbocycles. The third-order valence-electron chi connectivity index (χ3n) is 2.76. The van der Waals surface area contributed by atoms with Crippen molar-refractivity contribution in [3.63, 3.8) is 0 Å². The number of nitrogens with two attached hydrogens (primary N) is 1. The number of benzene rings is 1. The Hall–Kier alpha value is -2.04. The smallest absolute Gasteiger partial charge is 0.397 e. The van der Waals surface area contributed by atoms with Crippen molar-refractivity contribution in [2.75, 3.05) is 5.73 Å². The summed E-state index contributed by atoms with van der Waals surface area (Å²) in [6, 6.07) is 5.13. The molecule has 0 aliphatic rings. The van der Waals surface area contributed by atoms with Crippen molar-refractivity contribution in [3.8, 4) is 11.1 Å². The lowest BCUT2D eigenvalue weighted by molar-refractivity contribution is -0.137. The number of anilines is 1. The van der Waals surface area contributed by atoms with Crippen LogP contribution < -0.4 is 5.73 Å². The summed E-state index contributed by atoms with van der Waals surface area (Å²) in [6.07, 6.45) is -1.36. The van der Waals surface area contributed by atoms with E-state index in [1.165, 1.54) is 18.5 Å². The minimum atomic E-state index is -4.35. The van der Waals surface area contributed by atoms with Gasteiger partial charge in [0.05, 0.1) is 17.4 Å². The van der Waals surface area contributed by atoms with E-state index in [4.69, 9.17) is 5.73 Å². The van der Waals surface area contributed by atoms with Crippen LogP contribution >= 0.6 is 0 Å². The first-order valence-corrected chi connectivity index (χ1v) is 5.27. The highest BCUT2D eigenvalue weighted by Gasteiger charge is 2.30. The van der Waals surface area contributed by atoms with Gasteiger partial charge in [-0.1, -0.05) is 12.1 Å². The quantitative estimate of drug-likeness (QED) is 0.841. The van der Waals surface area contributed by atoms with Crippen molar-refractivity contribution in [1.82, 2.24) is 4.98 Å². The van der Waals surface area contributed by atoms with Crippen molar-refractivity contribution in [2.45, 2.75) is 13.1 Å². The molecule has 0 aliphatic heterocycles. The summed E-state index contributed by atoms with van der Waals surface area (Å²) in [4.78, 5) is 3.91. The van der Waals surface area contributed by atoms with Crippen LogP contribution in [0.25, 0.3) is 11.1 Å². The number of hydrogen-bond acceptors (Lipinski definition) is 2. The van der Waals surface area contributed by atoms with Crippen molar-refractivity contribution in [1.29, 1.82) is 0 Å². The predicted molar refractivity (Wildman–Crippen MR) is 63.8 cm³/mol. The van der Waals surface area contributed by atoms with E-state index in [-0.39, 0.29) is 0 Å². The highest BCUT2D eigenvalue weighted by molar-refractivity contribution is 5.71. The Balaban J connectivity index is 2.55. The number of aromatic nitrogens is 1. The van der Waals surface area contributed by atoms with Crippen LogP contribution in [-0.2, 0) is 6.18 Å². The Morgan fingerprint density at radius 1 is 1.17 bits per heavy atom. The fourth-order valence-electron chi connectivity index (χ4n) is 1.70. The van der Waals surface area contributed by atoms with Crippen molar-refractivity contribution >= 4 is 5.69 Å². The van der Waals surface area contributed by atoms with Crippen LogP contribution in [0.3, 0.4) is 0 Å². The summed E-state index contributed by atoms with van der Waals surface area (Å²) in [5.74, 6) is 0. The van der Waals surface area contributed by atoms with Gasteiger partial charge >= 0.3 is 6.18 Å². The van der Waals surface area contributed by atoms with Gasteiger partial charge in [-0.05, 0) is 30.2 Å². The number of halogens is 3. The van der Waals surface area contributed by atoms with Gasteiger partial charge in [0.1, 0.15) is 0 Å². The molecule has 0 atom stereocenters. The average Bonchev–Trinajstić information content (AvgIpc) is 2.32. The molecule has 0 unspecified atom stereocenters. The van der Waals surface area contributed by atoms with Gasteiger partial charge in [-0.2, -0.15) is 13.2 Å². The van der Waals surface area contributed by atoms with E-state index >= 15 is 0 Å². The molecule has 0 aliphatic carbocycles. The molecule has 0 bridgehead atoms. The van der Waals surface area contributed by atoms with E-state index in [1.807, 2.05) is 0 Å². The van der Waals surface area contributed by atoms with E-state index in [0.717, 1.165) is 17.7 Å². The first-order chi connectivity index (χ1) is 8.39. The molecule has 94 valence electrons. The van der Waals surface area contributed by atoms with Gasteiger partial charge in [0.2, 0.25) is 0 Å². The summed E-state index contributed by atoms with van der Waals surface area (Å²) >= 11 is 0. The zero-order valence-corrected chi connectivity index (χ0v) is 9.62. The van der Waals surface area contributed by atoms with E-state index in [9.17, 15) is 13.2 Å². The zero-order chi connectivity index (χ0) is 13.3. The number of nitrogens with zero attached hydrogens (tertiary/aromatic N) is 1. The highest BCUT2D eigenvalue weighted by Crippen LogP contribution is 2.33. The van der Waals surface area contributed by atoms with Crippen LogP contribution in [0, 0.1) is 6.92 Å². The molecule has 18 heavy (non-hydrogen) atoms. The van der Waals surface area contributed by atoms with E-state index < -0.39 is 11.7 Å². The molecule has 5 heteroatoms. The van der Waals surface area contributed by atoms with Gasteiger partial charge < -0.3 is 5.73 Å². The van der Waals surface area contributed by atoms with Gasteiger partial charge in [0.15, 0.2) is 0 Å². The number of nitrogen functional groups attached to an aromatic ring is 1. The molecule has 2 N–H and O–H groups in total. The second-order valence-electron chi connectivity index (χ2n) is 3.98. The average molecular weight is 252 g/mol. The van der Waals surface area contributed by atoms with Crippen LogP contribution in [-0.4, -0.2) is 4.98 Å². The van der Waals surface area contributed by atoms with E-state index in [2.05, 4.69) is 4.98 Å². The molecular formula is C13H11F3N2. The van der Waals surface area contributed by atoms with Crippen LogP contribution in [0.2, 0.25) is 0 Å². The molecule has 0 spiro atoms. The van der Waals surface area contributed by atoms with E-state index in [0.29, 0.717) is 16.8 Å². The molecule has 2 aromatic rings. The van der Waals surface area contributed by atoms with Crippen LogP contribution in [0.5, 0.6) is 0 Å². The molecule has 2 nitrogen and oxygen atoms in total. The lowest BCUT2D eigenvalue weighted by Crippen LogP contribution is -2.04. The Labute approximate surface area is 102 Å². The van der Waals surface area contributed by atoms with Crippen molar-refractivity contribution in [2.24, 2.45) is 0 Å². The molecule has 2 rings (SSSR count). The second-order valence-corrected chi connectivity index (χ2v) is 3.98. The fourth-order valence-corrected chi connectivity index (χ4v) is 1.70. The van der Waals surface area contributed by atoms with Gasteiger partial charge in [-0.3, -0.25) is 4.98 Å². The first kappa shape index (κ1) is 12.4. The second kappa shape index (κ2) is 4.33. The fraction of sp³-hybridized carbons (Fsp3) is 0.154. The van der Waals surface area contributed by atoms with E-state index in [1.54, 1.807) is 13.0 Å². The number of alkyl halides is 3. The SMILES string of the molecule is Cc1c(N)cncc1-c1cccc(C(F)(F)F)c1. The third kappa shape index (κ3) is 2.30. The maximum Gasteiger partial charge on any atom is 0.416 e. The maximum atomic E-state index is 12.6. The number of rotatable bonds is 1. The minimum Gasteiger partial charge on any atom is -0.397 e. The summed E-state index contributed by atoms with van der Waals surface area (Å²) in [7, 11) is 0. The first-order valence-electron chi connectivity index (χ1n) is 5.27. The van der Waals surface area contributed by atoms with Gasteiger partial charge in [0.25, 0.3) is 0 Å². The molecule has 1 aromatic carbocycles. The highest BCUT2D eigenvalue weighted by atomic mass is 19.4. The standard InChI is InChI=1S/C13H11F3N2/c1-8-11(6-18-7-12(8)17)9-3-2-4-10(5-9)13(14,15)16/h2-7H,17H2,1H3. The molecule has 0 amide bonds. The topological polar surface area (TPSA) is 38.9 Å². The molecule has 0 radical (unpaired) electrons. The van der Waals surface area contributed by atoms with Gasteiger partial charge in [-0.15, -0.1) is 0 Å². The third-order valence-corrected chi connectivity index (χ3v) is 2.76. The molecule has 1 aromatic heterocycles. The summed E-state index contributed by atoms with van der Waals surface area (Å²) < 4.78 is 37.9. The van der Waals surface area contributed by atoms with Crippen LogP contribution in [0.15, 0.2) is 36.7 Å². The molecule has 0 saturated heterocycles. The normalized spacial score (nSPS) is 11.6. The summed E-state index contributed by atoms with van der Waals surface area (Å²) in [6.45, 7) is 1.76. The summed E-state index contributed by atoms with van der Waals surface area (Å²) in [5.41, 5.74) is 7.28. The minimum absolute atomic E-state index is 0.460. The lowest BCUT2D eigenvalue weighted by atomic mass is 10.00. The number of hydrogen-bond donors (Lipinski definition) is 1. The summed E-state index contributed by atoms with van der Waals surface area (Å²) in [5, 5.41) is 0. The van der Waals surface area contributed by atoms with Gasteiger partial charge in [-0.25, -0.2) is 0 Å².